The Labute approximate surface area is 109 Å². The maximum Gasteiger partial charge on any atom is 0.336 e. The average Bonchev–Trinajstić information content (AvgIpc) is 2.26. The van der Waals surface area contributed by atoms with Crippen molar-refractivity contribution in [1.82, 2.24) is 5.32 Å². The number of hydrogen-bond acceptors (Lipinski definition) is 5. The standard InChI is InChI=1S/C13H13NO5/c1-3-18-10(15)5-8-6-11(16)19-9-4-7(2)14-13(17)12(8)9/h6H,2-5H2,1H3,(H,14,17). The first-order chi connectivity index (χ1) is 9.01. The summed E-state index contributed by atoms with van der Waals surface area (Å²) in [5.41, 5.74) is 0.393. The molecule has 1 aliphatic heterocycles. The fourth-order valence-electron chi connectivity index (χ4n) is 1.96. The Bertz CT molecular complexity index is 614. The summed E-state index contributed by atoms with van der Waals surface area (Å²) in [6, 6.07) is 1.14. The maximum atomic E-state index is 11.9. The number of nitrogens with one attached hydrogen (secondary N) is 1. The molecular formula is C13H13NO5. The molecule has 100 valence electrons. The van der Waals surface area contributed by atoms with Crippen LogP contribution in [0.2, 0.25) is 0 Å². The molecule has 1 aromatic rings. The molecule has 0 bridgehead atoms. The number of amides is 1. The first kappa shape index (κ1) is 13.1. The van der Waals surface area contributed by atoms with Crippen molar-refractivity contribution in [3.05, 3.63) is 45.6 Å². The Kier molecular flexibility index (Phi) is 3.50. The summed E-state index contributed by atoms with van der Waals surface area (Å²) in [6.45, 7) is 5.55. The Hall–Kier alpha value is -2.37. The van der Waals surface area contributed by atoms with Crippen molar-refractivity contribution in [2.24, 2.45) is 0 Å². The van der Waals surface area contributed by atoms with Gasteiger partial charge in [0.2, 0.25) is 0 Å². The van der Waals surface area contributed by atoms with E-state index in [1.165, 1.54) is 0 Å². The molecule has 0 aromatic carbocycles. The van der Waals surface area contributed by atoms with E-state index in [1.807, 2.05) is 0 Å². The zero-order valence-corrected chi connectivity index (χ0v) is 10.4. The van der Waals surface area contributed by atoms with Gasteiger partial charge in [-0.2, -0.15) is 0 Å². The molecule has 1 N–H and O–H groups in total. The zero-order valence-electron chi connectivity index (χ0n) is 10.4. The van der Waals surface area contributed by atoms with Gasteiger partial charge in [-0.25, -0.2) is 4.79 Å². The largest absolute Gasteiger partial charge is 0.466 e. The third-order valence-electron chi connectivity index (χ3n) is 2.65. The van der Waals surface area contributed by atoms with Gasteiger partial charge < -0.3 is 14.5 Å². The van der Waals surface area contributed by atoms with E-state index >= 15 is 0 Å². The molecule has 1 aromatic heterocycles. The van der Waals surface area contributed by atoms with Crippen LogP contribution in [0.3, 0.4) is 0 Å². The highest BCUT2D eigenvalue weighted by Crippen LogP contribution is 2.20. The molecule has 2 rings (SSSR count). The van der Waals surface area contributed by atoms with Gasteiger partial charge in [0.15, 0.2) is 0 Å². The molecule has 0 unspecified atom stereocenters. The van der Waals surface area contributed by atoms with Gasteiger partial charge in [0, 0.05) is 18.2 Å². The fraction of sp³-hybridized carbons (Fsp3) is 0.308. The summed E-state index contributed by atoms with van der Waals surface area (Å²) in [4.78, 5) is 34.8. The number of ether oxygens (including phenoxy) is 1. The second kappa shape index (κ2) is 5.09. The summed E-state index contributed by atoms with van der Waals surface area (Å²) in [5, 5.41) is 2.55. The second-order valence-corrected chi connectivity index (χ2v) is 4.11. The van der Waals surface area contributed by atoms with Gasteiger partial charge in [-0.1, -0.05) is 6.58 Å². The second-order valence-electron chi connectivity index (χ2n) is 4.11. The van der Waals surface area contributed by atoms with Crippen LogP contribution >= 0.6 is 0 Å². The van der Waals surface area contributed by atoms with Crippen LogP contribution in [-0.2, 0) is 22.4 Å². The number of rotatable bonds is 3. The van der Waals surface area contributed by atoms with Crippen molar-refractivity contribution in [2.45, 2.75) is 19.8 Å². The topological polar surface area (TPSA) is 85.6 Å². The smallest absolute Gasteiger partial charge is 0.336 e. The SMILES string of the molecule is C=C1Cc2oc(=O)cc(CC(=O)OCC)c2C(=O)N1. The number of esters is 1. The molecular weight excluding hydrogens is 250 g/mol. The van der Waals surface area contributed by atoms with Crippen molar-refractivity contribution in [2.75, 3.05) is 6.61 Å². The monoisotopic (exact) mass is 263 g/mol. The van der Waals surface area contributed by atoms with Crippen molar-refractivity contribution >= 4 is 11.9 Å². The molecule has 6 heteroatoms. The predicted molar refractivity (Wildman–Crippen MR) is 65.6 cm³/mol. The number of carbonyl (C=O) groups excluding carboxylic acids is 2. The van der Waals surface area contributed by atoms with Gasteiger partial charge in [-0.15, -0.1) is 0 Å². The van der Waals surface area contributed by atoms with Crippen LogP contribution in [0.4, 0.5) is 0 Å². The van der Waals surface area contributed by atoms with E-state index in [4.69, 9.17) is 9.15 Å². The van der Waals surface area contributed by atoms with E-state index in [2.05, 4.69) is 11.9 Å². The lowest BCUT2D eigenvalue weighted by Crippen LogP contribution is -2.32. The van der Waals surface area contributed by atoms with Crippen molar-refractivity contribution in [3.8, 4) is 0 Å². The molecule has 6 nitrogen and oxygen atoms in total. The highest BCUT2D eigenvalue weighted by atomic mass is 16.5. The predicted octanol–water partition coefficient (Wildman–Crippen LogP) is 0.545. The molecule has 0 spiro atoms. The van der Waals surface area contributed by atoms with Gasteiger partial charge >= 0.3 is 11.6 Å². The average molecular weight is 263 g/mol. The van der Waals surface area contributed by atoms with E-state index in [0.29, 0.717) is 11.3 Å². The quantitative estimate of drug-likeness (QED) is 0.805. The van der Waals surface area contributed by atoms with Crippen LogP contribution in [0, 0.1) is 0 Å². The molecule has 0 radical (unpaired) electrons. The number of carbonyl (C=O) groups is 2. The van der Waals surface area contributed by atoms with E-state index in [-0.39, 0.29) is 30.8 Å². The van der Waals surface area contributed by atoms with E-state index in [9.17, 15) is 14.4 Å². The number of allylic oxidation sites excluding steroid dienone is 1. The minimum Gasteiger partial charge on any atom is -0.466 e. The minimum absolute atomic E-state index is 0.137. The number of fused-ring (bicyclic) bond motifs is 1. The summed E-state index contributed by atoms with van der Waals surface area (Å²) >= 11 is 0. The lowest BCUT2D eigenvalue weighted by atomic mass is 9.99. The third-order valence-corrected chi connectivity index (χ3v) is 2.65. The summed E-state index contributed by atoms with van der Waals surface area (Å²) in [6.07, 6.45) is 0.106. The molecule has 0 saturated carbocycles. The molecule has 0 saturated heterocycles. The first-order valence-electron chi connectivity index (χ1n) is 5.82. The summed E-state index contributed by atoms with van der Waals surface area (Å²) in [5.74, 6) is -0.678. The van der Waals surface area contributed by atoms with Gasteiger partial charge in [-0.3, -0.25) is 9.59 Å². The molecule has 0 aliphatic carbocycles. The Balaban J connectivity index is 2.44. The number of hydrogen-bond donors (Lipinski definition) is 1. The Morgan fingerprint density at radius 2 is 2.26 bits per heavy atom. The van der Waals surface area contributed by atoms with Gasteiger partial charge in [0.25, 0.3) is 5.91 Å². The van der Waals surface area contributed by atoms with Gasteiger partial charge in [0.1, 0.15) is 5.76 Å². The molecule has 0 fully saturated rings. The van der Waals surface area contributed by atoms with Crippen LogP contribution in [0.25, 0.3) is 0 Å². The van der Waals surface area contributed by atoms with Crippen molar-refractivity contribution in [3.63, 3.8) is 0 Å². The lowest BCUT2D eigenvalue weighted by Gasteiger charge is -2.19. The molecule has 2 heterocycles. The van der Waals surface area contributed by atoms with Crippen LogP contribution in [0.15, 0.2) is 27.6 Å². The fourth-order valence-corrected chi connectivity index (χ4v) is 1.96. The van der Waals surface area contributed by atoms with Crippen LogP contribution in [0.5, 0.6) is 0 Å². The van der Waals surface area contributed by atoms with E-state index in [1.54, 1.807) is 6.92 Å². The summed E-state index contributed by atoms with van der Waals surface area (Å²) in [7, 11) is 0. The normalized spacial score (nSPS) is 13.7. The highest BCUT2D eigenvalue weighted by Gasteiger charge is 2.26. The van der Waals surface area contributed by atoms with Crippen LogP contribution in [-0.4, -0.2) is 18.5 Å². The van der Waals surface area contributed by atoms with Crippen molar-refractivity contribution < 1.29 is 18.7 Å². The maximum absolute atomic E-state index is 11.9. The van der Waals surface area contributed by atoms with E-state index < -0.39 is 17.5 Å². The molecule has 1 aliphatic rings. The van der Waals surface area contributed by atoms with Gasteiger partial charge in [-0.05, 0) is 12.5 Å². The van der Waals surface area contributed by atoms with Gasteiger partial charge in [0.05, 0.1) is 18.6 Å². The first-order valence-corrected chi connectivity index (χ1v) is 5.82. The van der Waals surface area contributed by atoms with Crippen LogP contribution in [0.1, 0.15) is 28.6 Å². The Morgan fingerprint density at radius 3 is 2.95 bits per heavy atom. The molecule has 1 amide bonds. The molecule has 0 atom stereocenters. The molecule has 19 heavy (non-hydrogen) atoms. The highest BCUT2D eigenvalue weighted by molar-refractivity contribution is 5.99. The minimum atomic E-state index is -0.597. The Morgan fingerprint density at radius 1 is 1.53 bits per heavy atom. The summed E-state index contributed by atoms with van der Waals surface area (Å²) < 4.78 is 9.81. The van der Waals surface area contributed by atoms with Crippen molar-refractivity contribution in [1.29, 1.82) is 0 Å². The zero-order chi connectivity index (χ0) is 14.0. The third kappa shape index (κ3) is 2.73. The van der Waals surface area contributed by atoms with E-state index in [0.717, 1.165) is 6.07 Å². The lowest BCUT2D eigenvalue weighted by molar-refractivity contribution is -0.142. The van der Waals surface area contributed by atoms with Crippen LogP contribution < -0.4 is 10.9 Å².